The molecule has 7 nitrogen and oxygen atoms in total. The minimum absolute atomic E-state index is 0.0146. The van der Waals surface area contributed by atoms with E-state index in [9.17, 15) is 33.0 Å². The topological polar surface area (TPSA) is 99.1 Å². The van der Waals surface area contributed by atoms with Crippen molar-refractivity contribution < 1.29 is 42.1 Å². The number of fused-ring (bicyclic) bond motifs is 1. The highest BCUT2D eigenvalue weighted by atomic mass is 35.5. The van der Waals surface area contributed by atoms with Crippen LogP contribution in [0.15, 0.2) is 66.3 Å². The Morgan fingerprint density at radius 3 is 2.33 bits per heavy atom. The summed E-state index contributed by atoms with van der Waals surface area (Å²) >= 11 is 6.44. The first-order chi connectivity index (χ1) is 25.3. The number of alkyl halides is 3. The van der Waals surface area contributed by atoms with Crippen molar-refractivity contribution in [1.29, 1.82) is 0 Å². The van der Waals surface area contributed by atoms with E-state index in [-0.39, 0.29) is 64.9 Å². The van der Waals surface area contributed by atoms with Crippen LogP contribution >= 0.6 is 11.6 Å². The highest BCUT2D eigenvalue weighted by molar-refractivity contribution is 6.31. The fourth-order valence-electron chi connectivity index (χ4n) is 11.5. The number of Topliss-reactive ketones (excluding diaryl/α,β-unsaturated/α-hetero) is 1. The van der Waals surface area contributed by atoms with Crippen molar-refractivity contribution in [2.75, 3.05) is 6.54 Å². The maximum Gasteiger partial charge on any atom is 0.573 e. The first kappa shape index (κ1) is 38.8. The van der Waals surface area contributed by atoms with Crippen LogP contribution in [0.3, 0.4) is 0 Å². The highest BCUT2D eigenvalue weighted by Crippen LogP contribution is 2.78. The van der Waals surface area contributed by atoms with Gasteiger partial charge in [0.1, 0.15) is 11.6 Å². The van der Waals surface area contributed by atoms with Gasteiger partial charge in [0.05, 0.1) is 18.2 Å². The highest BCUT2D eigenvalue weighted by Gasteiger charge is 2.74. The largest absolute Gasteiger partial charge is 0.573 e. The molecule has 2 aromatic carbocycles. The molecule has 8 rings (SSSR count). The van der Waals surface area contributed by atoms with Gasteiger partial charge in [0.15, 0.2) is 5.78 Å². The maximum atomic E-state index is 15.1. The Kier molecular flexibility index (Phi) is 9.62. The number of urea groups is 1. The van der Waals surface area contributed by atoms with Crippen LogP contribution < -0.4 is 10.1 Å². The molecule has 292 valence electrons. The van der Waals surface area contributed by atoms with E-state index in [1.165, 1.54) is 41.3 Å². The fraction of sp³-hybridized carbons (Fsp3) is 0.571. The summed E-state index contributed by atoms with van der Waals surface area (Å²) in [6.07, 6.45) is 4.99. The molecule has 2 amide bonds. The van der Waals surface area contributed by atoms with Crippen molar-refractivity contribution in [3.8, 4) is 5.75 Å². The van der Waals surface area contributed by atoms with Gasteiger partial charge in [-0.2, -0.15) is 0 Å². The molecule has 2 bridgehead atoms. The Balaban J connectivity index is 1.26. The van der Waals surface area contributed by atoms with Crippen LogP contribution in [-0.2, 0) is 17.8 Å². The van der Waals surface area contributed by atoms with Gasteiger partial charge in [0.25, 0.3) is 0 Å². The predicted octanol–water partition coefficient (Wildman–Crippen LogP) is 8.70. The monoisotopic (exact) mass is 772 g/mol. The molecule has 2 aromatic rings. The molecule has 12 heteroatoms. The second-order valence-electron chi connectivity index (χ2n) is 17.3. The van der Waals surface area contributed by atoms with Gasteiger partial charge in [-0.3, -0.25) is 4.79 Å². The van der Waals surface area contributed by atoms with E-state index in [2.05, 4.69) is 42.1 Å². The molecule has 0 heterocycles. The number of nitrogens with zero attached hydrogens (tertiary/aromatic N) is 1. The molecule has 3 fully saturated rings. The first-order valence-corrected chi connectivity index (χ1v) is 19.3. The minimum Gasteiger partial charge on any atom is -0.406 e. The van der Waals surface area contributed by atoms with Crippen molar-refractivity contribution in [1.82, 2.24) is 10.2 Å². The minimum atomic E-state index is -4.84. The second-order valence-corrected chi connectivity index (χ2v) is 17.7. The molecule has 3 saturated carbocycles. The standard InChI is InChI=1S/C42H49ClF4N2O5/c1-25(2)48-36(52)49(23-26-8-10-28(11-9-26)54-42(45,46)47)24-40(53)17-14-35-38(40,4)16-13-34-37(3)15-12-27(50)21-39(37)18-19-41(34,35)30(22-39)33(51)20-29-31(43)6-5-7-32(29)44/h5-11,18-19,22,25,27,34-35,50,53H,12-17,20-21,23-24H2,1-4H3,(H,48,52). The van der Waals surface area contributed by atoms with Crippen LogP contribution in [0.1, 0.15) is 83.8 Å². The third-order valence-electron chi connectivity index (χ3n) is 14.1. The van der Waals surface area contributed by atoms with Crippen LogP contribution in [0.25, 0.3) is 0 Å². The third-order valence-corrected chi connectivity index (χ3v) is 14.4. The Morgan fingerprint density at radius 2 is 1.67 bits per heavy atom. The van der Waals surface area contributed by atoms with E-state index in [1.54, 1.807) is 6.07 Å². The van der Waals surface area contributed by atoms with Crippen LogP contribution in [0.2, 0.25) is 5.02 Å². The van der Waals surface area contributed by atoms with Gasteiger partial charge in [-0.05, 0) is 106 Å². The third kappa shape index (κ3) is 6.17. The molecule has 0 aromatic heterocycles. The number of ketones is 1. The summed E-state index contributed by atoms with van der Waals surface area (Å²) in [5.41, 5.74) is -2.49. The van der Waals surface area contributed by atoms with Gasteiger partial charge in [0.2, 0.25) is 0 Å². The number of halogens is 5. The fourth-order valence-corrected chi connectivity index (χ4v) is 11.7. The van der Waals surface area contributed by atoms with E-state index in [0.29, 0.717) is 49.7 Å². The molecule has 0 aliphatic heterocycles. The van der Waals surface area contributed by atoms with E-state index in [1.807, 2.05) is 13.8 Å². The SMILES string of the molecule is CC(C)NC(=O)N(Cc1ccc(OC(F)(F)F)cc1)CC1(O)CCC2C34C=CC5(C=C3C(=O)Cc3c(F)cccc3Cl)CC(O)CCC5(C)C4CCC21C. The van der Waals surface area contributed by atoms with Gasteiger partial charge in [-0.1, -0.05) is 61.9 Å². The van der Waals surface area contributed by atoms with Crippen molar-refractivity contribution >= 4 is 23.4 Å². The molecule has 54 heavy (non-hydrogen) atoms. The van der Waals surface area contributed by atoms with Crippen molar-refractivity contribution in [2.24, 2.45) is 33.5 Å². The number of benzene rings is 2. The van der Waals surface area contributed by atoms with Crippen molar-refractivity contribution in [2.45, 2.75) is 110 Å². The lowest BCUT2D eigenvalue weighted by Crippen LogP contribution is -2.67. The zero-order valence-electron chi connectivity index (χ0n) is 31.1. The van der Waals surface area contributed by atoms with E-state index in [0.717, 1.165) is 6.42 Å². The lowest BCUT2D eigenvalue weighted by molar-refractivity contribution is -0.274. The molecular formula is C42H49ClF4N2O5. The molecule has 8 unspecified atom stereocenters. The zero-order valence-corrected chi connectivity index (χ0v) is 31.9. The van der Waals surface area contributed by atoms with Crippen molar-refractivity contribution in [3.63, 3.8) is 0 Å². The van der Waals surface area contributed by atoms with E-state index in [4.69, 9.17) is 11.6 Å². The van der Waals surface area contributed by atoms with E-state index >= 15 is 4.39 Å². The Labute approximate surface area is 318 Å². The summed E-state index contributed by atoms with van der Waals surface area (Å²) in [6.45, 7) is 7.96. The summed E-state index contributed by atoms with van der Waals surface area (Å²) in [5.74, 6) is -1.36. The smallest absolute Gasteiger partial charge is 0.406 e. The molecule has 0 saturated heterocycles. The lowest BCUT2D eigenvalue weighted by Gasteiger charge is -2.71. The quantitative estimate of drug-likeness (QED) is 0.175. The van der Waals surface area contributed by atoms with Gasteiger partial charge in [0, 0.05) is 51.4 Å². The number of aliphatic hydroxyl groups excluding tert-OH is 1. The molecule has 8 atom stereocenters. The van der Waals surface area contributed by atoms with Gasteiger partial charge < -0.3 is 25.2 Å². The number of ether oxygens (including phenoxy) is 1. The number of carbonyl (C=O) groups is 2. The summed E-state index contributed by atoms with van der Waals surface area (Å²) < 4.78 is 57.7. The normalized spacial score (nSPS) is 35.2. The predicted molar refractivity (Wildman–Crippen MR) is 196 cm³/mol. The number of hydrogen-bond donors (Lipinski definition) is 3. The van der Waals surface area contributed by atoms with Gasteiger partial charge in [-0.15, -0.1) is 13.2 Å². The van der Waals surface area contributed by atoms with Crippen LogP contribution in [0.5, 0.6) is 5.75 Å². The molecule has 6 aliphatic rings. The number of rotatable bonds is 9. The summed E-state index contributed by atoms with van der Waals surface area (Å²) in [6, 6.07) is 9.08. The van der Waals surface area contributed by atoms with Gasteiger partial charge in [-0.25, -0.2) is 9.18 Å². The van der Waals surface area contributed by atoms with Crippen LogP contribution in [0, 0.1) is 39.3 Å². The van der Waals surface area contributed by atoms with Crippen LogP contribution in [0.4, 0.5) is 22.4 Å². The molecule has 3 N–H and O–H groups in total. The first-order valence-electron chi connectivity index (χ1n) is 19.0. The lowest BCUT2D eigenvalue weighted by atomic mass is 9.32. The van der Waals surface area contributed by atoms with Crippen LogP contribution in [-0.4, -0.2) is 57.6 Å². The van der Waals surface area contributed by atoms with Crippen molar-refractivity contribution in [3.05, 3.63) is 88.2 Å². The number of hydrogen-bond acceptors (Lipinski definition) is 5. The molecule has 0 radical (unpaired) electrons. The molecule has 2 spiro atoms. The zero-order chi connectivity index (χ0) is 39.1. The maximum absolute atomic E-state index is 15.1. The number of carbonyl (C=O) groups excluding carboxylic acids is 2. The Morgan fingerprint density at radius 1 is 1.00 bits per heavy atom. The summed E-state index contributed by atoms with van der Waals surface area (Å²) in [5, 5.41) is 27.0. The summed E-state index contributed by atoms with van der Waals surface area (Å²) in [4.78, 5) is 30.0. The number of amides is 2. The average molecular weight is 773 g/mol. The summed E-state index contributed by atoms with van der Waals surface area (Å²) in [7, 11) is 0. The molecule has 6 aliphatic carbocycles. The van der Waals surface area contributed by atoms with E-state index < -0.39 is 46.2 Å². The number of aliphatic hydroxyl groups is 2. The number of nitrogens with one attached hydrogen (secondary N) is 1. The molecular weight excluding hydrogens is 724 g/mol. The average Bonchev–Trinajstić information content (AvgIpc) is 3.35. The number of allylic oxidation sites excluding steroid dienone is 4. The second kappa shape index (κ2) is 13.4. The Bertz CT molecular complexity index is 1860. The van der Waals surface area contributed by atoms with Gasteiger partial charge >= 0.3 is 12.4 Å². The Hall–Kier alpha value is -3.41.